The molecular formula is C17H19FN2O4. The molecule has 2 aliphatic heterocycles. The van der Waals surface area contributed by atoms with Crippen molar-refractivity contribution in [2.75, 3.05) is 31.2 Å². The van der Waals surface area contributed by atoms with Crippen molar-refractivity contribution in [3.63, 3.8) is 0 Å². The van der Waals surface area contributed by atoms with Gasteiger partial charge in [-0.15, -0.1) is 0 Å². The van der Waals surface area contributed by atoms with Gasteiger partial charge in [0.25, 0.3) is 0 Å². The van der Waals surface area contributed by atoms with Gasteiger partial charge in [-0.05, 0) is 30.2 Å². The van der Waals surface area contributed by atoms with Crippen molar-refractivity contribution in [1.82, 2.24) is 5.32 Å². The van der Waals surface area contributed by atoms with Gasteiger partial charge in [0.15, 0.2) is 0 Å². The first-order valence-electron chi connectivity index (χ1n) is 7.84. The highest BCUT2D eigenvalue weighted by Crippen LogP contribution is 2.29. The summed E-state index contributed by atoms with van der Waals surface area (Å²) in [4.78, 5) is 24.3. The molecule has 0 radical (unpaired) electrons. The Morgan fingerprint density at radius 3 is 2.96 bits per heavy atom. The SMILES string of the molecule is CC(=O)NC[C@H]1CN(c2ccc(C3=CCOCC3)c(F)c2)C(=O)O1. The highest BCUT2D eigenvalue weighted by Gasteiger charge is 2.32. The fourth-order valence-corrected chi connectivity index (χ4v) is 2.80. The van der Waals surface area contributed by atoms with E-state index < -0.39 is 12.2 Å². The molecule has 2 amide bonds. The van der Waals surface area contributed by atoms with Gasteiger partial charge >= 0.3 is 6.09 Å². The van der Waals surface area contributed by atoms with Crippen LogP contribution in [0.3, 0.4) is 0 Å². The number of hydrogen-bond donors (Lipinski definition) is 1. The highest BCUT2D eigenvalue weighted by molar-refractivity contribution is 5.90. The first-order chi connectivity index (χ1) is 11.5. The van der Waals surface area contributed by atoms with E-state index in [9.17, 15) is 14.0 Å². The minimum Gasteiger partial charge on any atom is -0.442 e. The molecule has 2 aliphatic rings. The smallest absolute Gasteiger partial charge is 0.414 e. The van der Waals surface area contributed by atoms with Gasteiger partial charge < -0.3 is 14.8 Å². The Labute approximate surface area is 139 Å². The summed E-state index contributed by atoms with van der Waals surface area (Å²) in [5, 5.41) is 2.61. The maximum Gasteiger partial charge on any atom is 0.414 e. The highest BCUT2D eigenvalue weighted by atomic mass is 19.1. The third-order valence-corrected chi connectivity index (χ3v) is 4.03. The number of amides is 2. The van der Waals surface area contributed by atoms with E-state index in [1.54, 1.807) is 12.1 Å². The average molecular weight is 334 g/mol. The van der Waals surface area contributed by atoms with Gasteiger partial charge in [0.1, 0.15) is 11.9 Å². The lowest BCUT2D eigenvalue weighted by Gasteiger charge is -2.17. The molecular weight excluding hydrogens is 315 g/mol. The molecule has 1 aromatic rings. The number of nitrogens with one attached hydrogen (secondary N) is 1. The number of rotatable bonds is 4. The van der Waals surface area contributed by atoms with Gasteiger partial charge in [-0.25, -0.2) is 9.18 Å². The summed E-state index contributed by atoms with van der Waals surface area (Å²) in [6.45, 7) is 2.98. The molecule has 0 aliphatic carbocycles. The third-order valence-electron chi connectivity index (χ3n) is 4.03. The van der Waals surface area contributed by atoms with Crippen molar-refractivity contribution in [3.05, 3.63) is 35.7 Å². The lowest BCUT2D eigenvalue weighted by Crippen LogP contribution is -2.33. The van der Waals surface area contributed by atoms with E-state index in [1.165, 1.54) is 17.9 Å². The fraction of sp³-hybridized carbons (Fsp3) is 0.412. The molecule has 1 saturated heterocycles. The maximum absolute atomic E-state index is 14.4. The van der Waals surface area contributed by atoms with Crippen molar-refractivity contribution in [2.24, 2.45) is 0 Å². The number of halogens is 1. The molecule has 1 aromatic carbocycles. The lowest BCUT2D eigenvalue weighted by atomic mass is 10.0. The predicted octanol–water partition coefficient (Wildman–Crippen LogP) is 2.09. The van der Waals surface area contributed by atoms with Crippen LogP contribution < -0.4 is 10.2 Å². The zero-order chi connectivity index (χ0) is 17.1. The summed E-state index contributed by atoms with van der Waals surface area (Å²) in [5.74, 6) is -0.566. The zero-order valence-electron chi connectivity index (χ0n) is 13.4. The van der Waals surface area contributed by atoms with E-state index in [-0.39, 0.29) is 24.8 Å². The minimum absolute atomic E-state index is 0.190. The third kappa shape index (κ3) is 3.56. The number of benzene rings is 1. The van der Waals surface area contributed by atoms with Gasteiger partial charge in [-0.3, -0.25) is 9.69 Å². The molecule has 0 unspecified atom stereocenters. The number of carbonyl (C=O) groups excluding carboxylic acids is 2. The van der Waals surface area contributed by atoms with Crippen LogP contribution in [0.15, 0.2) is 24.3 Å². The molecule has 7 heteroatoms. The summed E-state index contributed by atoms with van der Waals surface area (Å²) < 4.78 is 24.9. The molecule has 24 heavy (non-hydrogen) atoms. The van der Waals surface area contributed by atoms with Crippen LogP contribution in [-0.4, -0.2) is 44.4 Å². The van der Waals surface area contributed by atoms with Gasteiger partial charge in [-0.2, -0.15) is 0 Å². The van der Waals surface area contributed by atoms with Crippen LogP contribution in [-0.2, 0) is 14.3 Å². The van der Waals surface area contributed by atoms with Crippen LogP contribution in [0.4, 0.5) is 14.9 Å². The Morgan fingerprint density at radius 1 is 1.46 bits per heavy atom. The van der Waals surface area contributed by atoms with E-state index >= 15 is 0 Å². The summed E-state index contributed by atoms with van der Waals surface area (Å²) in [5.41, 5.74) is 1.89. The number of carbonyl (C=O) groups is 2. The molecule has 0 bridgehead atoms. The van der Waals surface area contributed by atoms with Gasteiger partial charge in [0.2, 0.25) is 5.91 Å². The number of cyclic esters (lactones) is 1. The normalized spacial score (nSPS) is 20.6. The van der Waals surface area contributed by atoms with Crippen LogP contribution in [0.5, 0.6) is 0 Å². The number of ether oxygens (including phenoxy) is 2. The maximum atomic E-state index is 14.4. The van der Waals surface area contributed by atoms with E-state index in [1.807, 2.05) is 6.08 Å². The Kier molecular flexibility index (Phi) is 4.80. The molecule has 2 heterocycles. The van der Waals surface area contributed by atoms with Crippen molar-refractivity contribution >= 4 is 23.3 Å². The van der Waals surface area contributed by atoms with Crippen molar-refractivity contribution in [1.29, 1.82) is 0 Å². The largest absolute Gasteiger partial charge is 0.442 e. The Balaban J connectivity index is 1.73. The minimum atomic E-state index is -0.539. The molecule has 128 valence electrons. The molecule has 1 atom stereocenters. The average Bonchev–Trinajstić information content (AvgIpc) is 2.94. The summed E-state index contributed by atoms with van der Waals surface area (Å²) >= 11 is 0. The molecule has 6 nitrogen and oxygen atoms in total. The first kappa shape index (κ1) is 16.4. The van der Waals surface area contributed by atoms with Crippen LogP contribution in [0.2, 0.25) is 0 Å². The molecule has 0 spiro atoms. The quantitative estimate of drug-likeness (QED) is 0.915. The topological polar surface area (TPSA) is 67.9 Å². The Hall–Kier alpha value is -2.41. The van der Waals surface area contributed by atoms with Crippen molar-refractivity contribution in [2.45, 2.75) is 19.4 Å². The van der Waals surface area contributed by atoms with Crippen molar-refractivity contribution in [3.8, 4) is 0 Å². The van der Waals surface area contributed by atoms with Crippen molar-refractivity contribution < 1.29 is 23.5 Å². The molecule has 0 saturated carbocycles. The van der Waals surface area contributed by atoms with E-state index in [0.29, 0.717) is 30.9 Å². The number of nitrogens with zero attached hydrogens (tertiary/aromatic N) is 1. The monoisotopic (exact) mass is 334 g/mol. The second kappa shape index (κ2) is 7.00. The van der Waals surface area contributed by atoms with E-state index in [0.717, 1.165) is 5.57 Å². The summed E-state index contributed by atoms with van der Waals surface area (Å²) in [6.07, 6.45) is 1.56. The second-order valence-corrected chi connectivity index (χ2v) is 5.77. The molecule has 1 N–H and O–H groups in total. The van der Waals surface area contributed by atoms with Gasteiger partial charge in [0, 0.05) is 12.5 Å². The summed E-state index contributed by atoms with van der Waals surface area (Å²) in [6, 6.07) is 4.72. The number of anilines is 1. The van der Waals surface area contributed by atoms with Crippen LogP contribution in [0.1, 0.15) is 18.9 Å². The van der Waals surface area contributed by atoms with Gasteiger partial charge in [-0.1, -0.05) is 6.08 Å². The Bertz CT molecular complexity index is 689. The summed E-state index contributed by atoms with van der Waals surface area (Å²) in [7, 11) is 0. The van der Waals surface area contributed by atoms with Gasteiger partial charge in [0.05, 0.1) is 32.0 Å². The number of hydrogen-bond acceptors (Lipinski definition) is 4. The van der Waals surface area contributed by atoms with E-state index in [4.69, 9.17) is 9.47 Å². The fourth-order valence-electron chi connectivity index (χ4n) is 2.80. The Morgan fingerprint density at radius 2 is 2.29 bits per heavy atom. The molecule has 0 aromatic heterocycles. The predicted molar refractivity (Wildman–Crippen MR) is 86.1 cm³/mol. The van der Waals surface area contributed by atoms with E-state index in [2.05, 4.69) is 5.32 Å². The first-order valence-corrected chi connectivity index (χ1v) is 7.84. The van der Waals surface area contributed by atoms with Crippen LogP contribution >= 0.6 is 0 Å². The van der Waals surface area contributed by atoms with Crippen LogP contribution in [0, 0.1) is 5.82 Å². The standard InChI is InChI=1S/C17H19FN2O4/c1-11(21)19-9-14-10-20(17(22)24-14)13-2-3-15(16(18)8-13)12-4-6-23-7-5-12/h2-4,8,14H,5-7,9-10H2,1H3,(H,19,21)/t14-/m0/s1. The second-order valence-electron chi connectivity index (χ2n) is 5.77. The molecule has 3 rings (SSSR count). The van der Waals surface area contributed by atoms with Crippen LogP contribution in [0.25, 0.3) is 5.57 Å². The zero-order valence-corrected chi connectivity index (χ0v) is 13.4. The molecule has 1 fully saturated rings. The lowest BCUT2D eigenvalue weighted by molar-refractivity contribution is -0.119.